The minimum Gasteiger partial charge on any atom is -0.206 e. The summed E-state index contributed by atoms with van der Waals surface area (Å²) in [4.78, 5) is 0. The third-order valence-electron chi connectivity index (χ3n) is 3.68. The summed E-state index contributed by atoms with van der Waals surface area (Å²) >= 11 is 3.25. The molecule has 1 atom stereocenters. The molecule has 0 aliphatic heterocycles. The maximum absolute atomic E-state index is 13.3. The van der Waals surface area contributed by atoms with Crippen LogP contribution in [0.2, 0.25) is 0 Å². The SMILES string of the molecule is Cc1ccc(/C=C/C(c2ccc(F)c(C(F)(F)F)c2)C(F)(F)F)cc1Br. The smallest absolute Gasteiger partial charge is 0.206 e. The van der Waals surface area contributed by atoms with Gasteiger partial charge in [0.25, 0.3) is 0 Å². The maximum Gasteiger partial charge on any atom is 0.419 e. The van der Waals surface area contributed by atoms with E-state index in [4.69, 9.17) is 0 Å². The molecule has 0 saturated carbocycles. The summed E-state index contributed by atoms with van der Waals surface area (Å²) in [5, 5.41) is 0. The van der Waals surface area contributed by atoms with Crippen molar-refractivity contribution in [1.82, 2.24) is 0 Å². The Balaban J connectivity index is 2.46. The van der Waals surface area contributed by atoms with Gasteiger partial charge in [0.2, 0.25) is 0 Å². The molecule has 26 heavy (non-hydrogen) atoms. The molecule has 0 bridgehead atoms. The lowest BCUT2D eigenvalue weighted by molar-refractivity contribution is -0.143. The van der Waals surface area contributed by atoms with Crippen molar-refractivity contribution in [2.45, 2.75) is 25.2 Å². The van der Waals surface area contributed by atoms with E-state index < -0.39 is 35.2 Å². The molecule has 8 heteroatoms. The minimum absolute atomic E-state index is 0.197. The topological polar surface area (TPSA) is 0 Å². The molecule has 0 saturated heterocycles. The first kappa shape index (κ1) is 20.5. The van der Waals surface area contributed by atoms with Crippen molar-refractivity contribution in [3.8, 4) is 0 Å². The summed E-state index contributed by atoms with van der Waals surface area (Å²) in [5.74, 6) is -3.92. The molecule has 0 heterocycles. The second-order valence-electron chi connectivity index (χ2n) is 5.62. The van der Waals surface area contributed by atoms with Crippen molar-refractivity contribution in [2.75, 3.05) is 0 Å². The van der Waals surface area contributed by atoms with E-state index >= 15 is 0 Å². The van der Waals surface area contributed by atoms with Gasteiger partial charge in [-0.3, -0.25) is 0 Å². The van der Waals surface area contributed by atoms with Crippen LogP contribution >= 0.6 is 15.9 Å². The van der Waals surface area contributed by atoms with Crippen molar-refractivity contribution < 1.29 is 30.7 Å². The van der Waals surface area contributed by atoms with E-state index in [-0.39, 0.29) is 6.07 Å². The second-order valence-corrected chi connectivity index (χ2v) is 6.48. The van der Waals surface area contributed by atoms with Gasteiger partial charge in [0.15, 0.2) is 0 Å². The monoisotopic (exact) mass is 440 g/mol. The Morgan fingerprint density at radius 3 is 2.15 bits per heavy atom. The number of hydrogen-bond donors (Lipinski definition) is 0. The van der Waals surface area contributed by atoms with E-state index in [2.05, 4.69) is 15.9 Å². The first-order valence-electron chi connectivity index (χ1n) is 7.27. The molecule has 0 aliphatic rings. The average Bonchev–Trinajstić information content (AvgIpc) is 2.50. The fraction of sp³-hybridized carbons (Fsp3) is 0.222. The van der Waals surface area contributed by atoms with E-state index in [0.717, 1.165) is 11.6 Å². The van der Waals surface area contributed by atoms with Gasteiger partial charge in [0.05, 0.1) is 11.5 Å². The van der Waals surface area contributed by atoms with Crippen LogP contribution < -0.4 is 0 Å². The van der Waals surface area contributed by atoms with Crippen LogP contribution in [-0.2, 0) is 6.18 Å². The molecule has 1 unspecified atom stereocenters. The molecule has 0 nitrogen and oxygen atoms in total. The van der Waals surface area contributed by atoms with E-state index in [1.165, 1.54) is 6.08 Å². The van der Waals surface area contributed by atoms with Crippen LogP contribution in [0.25, 0.3) is 6.08 Å². The van der Waals surface area contributed by atoms with Gasteiger partial charge in [-0.2, -0.15) is 26.3 Å². The summed E-state index contributed by atoms with van der Waals surface area (Å²) in [6.07, 6.45) is -8.00. The van der Waals surface area contributed by atoms with Crippen LogP contribution in [0.3, 0.4) is 0 Å². The average molecular weight is 441 g/mol. The van der Waals surface area contributed by atoms with E-state index in [1.54, 1.807) is 25.1 Å². The van der Waals surface area contributed by atoms with Gasteiger partial charge in [0, 0.05) is 4.47 Å². The summed E-state index contributed by atoms with van der Waals surface area (Å²) < 4.78 is 92.4. The van der Waals surface area contributed by atoms with Crippen molar-refractivity contribution >= 4 is 22.0 Å². The van der Waals surface area contributed by atoms with Crippen molar-refractivity contribution in [3.63, 3.8) is 0 Å². The molecule has 140 valence electrons. The Labute approximate surface area is 153 Å². The number of allylic oxidation sites excluding steroid dienone is 1. The third-order valence-corrected chi connectivity index (χ3v) is 4.54. The molecule has 2 aromatic carbocycles. The highest BCUT2D eigenvalue weighted by atomic mass is 79.9. The van der Waals surface area contributed by atoms with Gasteiger partial charge in [-0.25, -0.2) is 4.39 Å². The molecule has 0 radical (unpaired) electrons. The summed E-state index contributed by atoms with van der Waals surface area (Å²) in [6, 6.07) is 6.15. The number of benzene rings is 2. The number of halogens is 8. The Morgan fingerprint density at radius 1 is 0.962 bits per heavy atom. The van der Waals surface area contributed by atoms with E-state index in [1.807, 2.05) is 0 Å². The van der Waals surface area contributed by atoms with Crippen molar-refractivity contribution in [1.29, 1.82) is 0 Å². The van der Waals surface area contributed by atoms with Gasteiger partial charge < -0.3 is 0 Å². The predicted octanol–water partition coefficient (Wildman–Crippen LogP) is 7.27. The number of hydrogen-bond acceptors (Lipinski definition) is 0. The fourth-order valence-electron chi connectivity index (χ4n) is 2.28. The first-order chi connectivity index (χ1) is 11.9. The summed E-state index contributed by atoms with van der Waals surface area (Å²) in [6.45, 7) is 1.80. The van der Waals surface area contributed by atoms with Crippen LogP contribution in [-0.4, -0.2) is 6.18 Å². The Hall–Kier alpha value is -1.83. The standard InChI is InChI=1S/C18H12BrF7/c1-10-2-3-11(8-15(10)19)4-6-13(17(21,22)23)12-5-7-16(20)14(9-12)18(24,25)26/h2-9,13H,1H3/b6-4+. The maximum atomic E-state index is 13.3. The molecule has 0 N–H and O–H groups in total. The van der Waals surface area contributed by atoms with Crippen LogP contribution in [0.4, 0.5) is 30.7 Å². The van der Waals surface area contributed by atoms with Crippen LogP contribution in [0.5, 0.6) is 0 Å². The molecule has 0 fully saturated rings. The zero-order valence-electron chi connectivity index (χ0n) is 13.2. The largest absolute Gasteiger partial charge is 0.419 e. The summed E-state index contributed by atoms with van der Waals surface area (Å²) in [7, 11) is 0. The molecular weight excluding hydrogens is 429 g/mol. The predicted molar refractivity (Wildman–Crippen MR) is 88.1 cm³/mol. The highest BCUT2D eigenvalue weighted by molar-refractivity contribution is 9.10. The molecule has 0 spiro atoms. The number of rotatable bonds is 3. The lowest BCUT2D eigenvalue weighted by Gasteiger charge is -2.19. The highest BCUT2D eigenvalue weighted by Crippen LogP contribution is 2.39. The third kappa shape index (κ3) is 4.87. The van der Waals surface area contributed by atoms with Gasteiger partial charge in [0.1, 0.15) is 5.82 Å². The van der Waals surface area contributed by atoms with Gasteiger partial charge >= 0.3 is 12.4 Å². The Morgan fingerprint density at radius 2 is 1.62 bits per heavy atom. The van der Waals surface area contributed by atoms with Gasteiger partial charge in [-0.1, -0.05) is 46.3 Å². The fourth-order valence-corrected chi connectivity index (χ4v) is 2.68. The number of alkyl halides is 6. The molecular formula is C18H12BrF7. The molecule has 2 rings (SSSR count). The zero-order valence-corrected chi connectivity index (χ0v) is 14.8. The Kier molecular flexibility index (Phi) is 5.85. The van der Waals surface area contributed by atoms with Crippen molar-refractivity contribution in [3.05, 3.63) is 75.0 Å². The van der Waals surface area contributed by atoms with Crippen LogP contribution in [0.1, 0.15) is 28.2 Å². The Bertz CT molecular complexity index is 819. The molecule has 0 amide bonds. The lowest BCUT2D eigenvalue weighted by Crippen LogP contribution is -2.20. The molecule has 0 aromatic heterocycles. The minimum atomic E-state index is -5.08. The van der Waals surface area contributed by atoms with Crippen molar-refractivity contribution in [2.24, 2.45) is 0 Å². The zero-order chi connectivity index (χ0) is 19.7. The highest BCUT2D eigenvalue weighted by Gasteiger charge is 2.41. The van der Waals surface area contributed by atoms with Gasteiger partial charge in [-0.15, -0.1) is 0 Å². The van der Waals surface area contributed by atoms with Crippen LogP contribution in [0, 0.1) is 12.7 Å². The summed E-state index contributed by atoms with van der Waals surface area (Å²) in [5.41, 5.74) is -1.10. The lowest BCUT2D eigenvalue weighted by atomic mass is 9.95. The van der Waals surface area contributed by atoms with E-state index in [9.17, 15) is 30.7 Å². The molecule has 2 aromatic rings. The van der Waals surface area contributed by atoms with Gasteiger partial charge in [-0.05, 0) is 41.8 Å². The molecule has 0 aliphatic carbocycles. The van der Waals surface area contributed by atoms with Crippen LogP contribution in [0.15, 0.2) is 46.9 Å². The normalized spacial score (nSPS) is 14.0. The van der Waals surface area contributed by atoms with E-state index in [0.29, 0.717) is 22.2 Å². The second kappa shape index (κ2) is 7.42. The first-order valence-corrected chi connectivity index (χ1v) is 8.06. The number of aryl methyl sites for hydroxylation is 1. The quantitative estimate of drug-likeness (QED) is 0.440.